The van der Waals surface area contributed by atoms with Gasteiger partial charge in [0.2, 0.25) is 0 Å². The van der Waals surface area contributed by atoms with Gasteiger partial charge in [-0.3, -0.25) is 0 Å². The van der Waals surface area contributed by atoms with Crippen molar-refractivity contribution >= 4 is 70.1 Å². The Bertz CT molecular complexity index is 2750. The zero-order valence-corrected chi connectivity index (χ0v) is 28.3. The molecule has 0 spiro atoms. The second-order valence-corrected chi connectivity index (χ2v) is 14.8. The van der Waals surface area contributed by atoms with E-state index in [4.69, 9.17) is 0 Å². The molecule has 232 valence electrons. The van der Waals surface area contributed by atoms with E-state index in [1.54, 1.807) is 0 Å². The van der Waals surface area contributed by atoms with Crippen molar-refractivity contribution in [2.45, 2.75) is 19.3 Å². The summed E-state index contributed by atoms with van der Waals surface area (Å²) in [5, 5.41) is 7.76. The highest BCUT2D eigenvalue weighted by Gasteiger charge is 2.35. The molecular formula is C47H33NS. The molecule has 0 aliphatic heterocycles. The molecule has 0 bridgehead atoms. The molecule has 1 nitrogen and oxygen atoms in total. The Morgan fingerprint density at radius 2 is 1.16 bits per heavy atom. The molecule has 0 N–H and O–H groups in total. The maximum Gasteiger partial charge on any atom is 0.0546 e. The molecule has 1 aliphatic carbocycles. The van der Waals surface area contributed by atoms with Gasteiger partial charge in [0.25, 0.3) is 0 Å². The van der Waals surface area contributed by atoms with Gasteiger partial charge in [0.15, 0.2) is 0 Å². The fourth-order valence-electron chi connectivity index (χ4n) is 8.26. The van der Waals surface area contributed by atoms with Gasteiger partial charge in [-0.25, -0.2) is 0 Å². The van der Waals surface area contributed by atoms with Crippen molar-refractivity contribution < 1.29 is 0 Å². The normalized spacial score (nSPS) is 13.3. The fourth-order valence-corrected chi connectivity index (χ4v) is 9.52. The molecule has 1 heterocycles. The maximum absolute atomic E-state index is 2.49. The number of hydrogen-bond donors (Lipinski definition) is 0. The van der Waals surface area contributed by atoms with Crippen LogP contribution in [0.4, 0.5) is 17.1 Å². The smallest absolute Gasteiger partial charge is 0.0546 e. The van der Waals surface area contributed by atoms with Crippen LogP contribution in [0.25, 0.3) is 64.0 Å². The Labute approximate surface area is 290 Å². The van der Waals surface area contributed by atoms with Crippen LogP contribution in [0.5, 0.6) is 0 Å². The van der Waals surface area contributed by atoms with Crippen LogP contribution in [0.1, 0.15) is 25.0 Å². The molecule has 0 radical (unpaired) electrons. The third-order valence-electron chi connectivity index (χ3n) is 10.6. The molecule has 0 amide bonds. The van der Waals surface area contributed by atoms with Gasteiger partial charge in [-0.05, 0) is 80.6 Å². The van der Waals surface area contributed by atoms with E-state index in [-0.39, 0.29) is 5.41 Å². The van der Waals surface area contributed by atoms with Gasteiger partial charge >= 0.3 is 0 Å². The number of anilines is 3. The largest absolute Gasteiger partial charge is 0.310 e. The van der Waals surface area contributed by atoms with E-state index in [2.05, 4.69) is 183 Å². The van der Waals surface area contributed by atoms with Gasteiger partial charge < -0.3 is 4.90 Å². The maximum atomic E-state index is 2.49. The number of nitrogens with zero attached hydrogens (tertiary/aromatic N) is 1. The molecule has 49 heavy (non-hydrogen) atoms. The Morgan fingerprint density at radius 1 is 0.469 bits per heavy atom. The minimum Gasteiger partial charge on any atom is -0.310 e. The minimum atomic E-state index is -0.0507. The first-order chi connectivity index (χ1) is 24.1. The monoisotopic (exact) mass is 643 g/mol. The van der Waals surface area contributed by atoms with Crippen molar-refractivity contribution in [2.24, 2.45) is 0 Å². The number of hydrogen-bond acceptors (Lipinski definition) is 2. The highest BCUT2D eigenvalue weighted by Crippen LogP contribution is 2.52. The van der Waals surface area contributed by atoms with Crippen molar-refractivity contribution in [2.75, 3.05) is 4.90 Å². The van der Waals surface area contributed by atoms with E-state index in [1.807, 2.05) is 11.3 Å². The molecule has 0 fully saturated rings. The van der Waals surface area contributed by atoms with E-state index >= 15 is 0 Å². The zero-order chi connectivity index (χ0) is 32.7. The second kappa shape index (κ2) is 10.7. The predicted octanol–water partition coefficient (Wildman–Crippen LogP) is 13.8. The summed E-state index contributed by atoms with van der Waals surface area (Å²) in [7, 11) is 0. The first-order valence-electron chi connectivity index (χ1n) is 17.0. The quantitative estimate of drug-likeness (QED) is 0.173. The van der Waals surface area contributed by atoms with Gasteiger partial charge in [0.05, 0.1) is 5.69 Å². The number of thiophene rings is 1. The molecule has 10 rings (SSSR count). The van der Waals surface area contributed by atoms with Crippen LogP contribution in [-0.2, 0) is 5.41 Å². The van der Waals surface area contributed by atoms with Crippen LogP contribution in [0, 0.1) is 0 Å². The van der Waals surface area contributed by atoms with Crippen molar-refractivity contribution in [3.05, 3.63) is 175 Å². The average Bonchev–Trinajstić information content (AvgIpc) is 3.64. The topological polar surface area (TPSA) is 3.24 Å². The van der Waals surface area contributed by atoms with Crippen LogP contribution in [0.2, 0.25) is 0 Å². The van der Waals surface area contributed by atoms with Crippen molar-refractivity contribution in [3.63, 3.8) is 0 Å². The summed E-state index contributed by atoms with van der Waals surface area (Å²) in [6, 6.07) is 60.6. The lowest BCUT2D eigenvalue weighted by atomic mass is 9.82. The summed E-state index contributed by atoms with van der Waals surface area (Å²) in [6.45, 7) is 4.71. The zero-order valence-electron chi connectivity index (χ0n) is 27.4. The highest BCUT2D eigenvalue weighted by atomic mass is 32.1. The first-order valence-corrected chi connectivity index (χ1v) is 17.8. The van der Waals surface area contributed by atoms with E-state index in [1.165, 1.54) is 80.8 Å². The van der Waals surface area contributed by atoms with Gasteiger partial charge in [-0.15, -0.1) is 11.3 Å². The van der Waals surface area contributed by atoms with Gasteiger partial charge in [-0.2, -0.15) is 0 Å². The third-order valence-corrected chi connectivity index (χ3v) is 11.8. The number of rotatable bonds is 4. The van der Waals surface area contributed by atoms with E-state index in [0.29, 0.717) is 0 Å². The fraction of sp³-hybridized carbons (Fsp3) is 0.0638. The van der Waals surface area contributed by atoms with Gasteiger partial charge in [-0.1, -0.05) is 141 Å². The lowest BCUT2D eigenvalue weighted by Gasteiger charge is -2.29. The van der Waals surface area contributed by atoms with Crippen LogP contribution >= 0.6 is 11.3 Å². The second-order valence-electron chi connectivity index (χ2n) is 13.7. The SMILES string of the molecule is CC1(C)c2ccccc2-c2cc(N(c3cccc(-c4ccccc4)c3)c3cc4ccccc4c4c3ccc3c5ccccc5sc34)ccc21. The van der Waals surface area contributed by atoms with Crippen LogP contribution in [0.15, 0.2) is 164 Å². The summed E-state index contributed by atoms with van der Waals surface area (Å²) in [4.78, 5) is 2.49. The summed E-state index contributed by atoms with van der Waals surface area (Å²) < 4.78 is 2.67. The molecule has 0 saturated carbocycles. The summed E-state index contributed by atoms with van der Waals surface area (Å²) in [5.41, 5.74) is 11.3. The van der Waals surface area contributed by atoms with Crippen LogP contribution in [-0.4, -0.2) is 0 Å². The van der Waals surface area contributed by atoms with E-state index < -0.39 is 0 Å². The predicted molar refractivity (Wildman–Crippen MR) is 212 cm³/mol. The molecule has 2 heteroatoms. The standard InChI is InChI=1S/C47H33NS/c1-47(2)41-21-10-8-19-36(41)40-29-34(23-26-42(40)47)48(33-17-12-16-31(27-33)30-13-4-3-5-14-30)43-28-32-15-6-7-18-35(32)45-39(43)25-24-38-37-20-9-11-22-44(37)49-46(38)45/h3-29H,1-2H3. The van der Waals surface area contributed by atoms with Crippen LogP contribution < -0.4 is 4.90 Å². The number of benzene rings is 8. The Kier molecular flexibility index (Phi) is 6.16. The lowest BCUT2D eigenvalue weighted by molar-refractivity contribution is 0.660. The van der Waals surface area contributed by atoms with E-state index in [9.17, 15) is 0 Å². The molecule has 1 aromatic heterocycles. The molecule has 8 aromatic carbocycles. The van der Waals surface area contributed by atoms with Gasteiger partial charge in [0.1, 0.15) is 0 Å². The van der Waals surface area contributed by atoms with E-state index in [0.717, 1.165) is 11.4 Å². The lowest BCUT2D eigenvalue weighted by Crippen LogP contribution is -2.15. The molecule has 0 saturated heterocycles. The van der Waals surface area contributed by atoms with Crippen molar-refractivity contribution in [1.82, 2.24) is 0 Å². The van der Waals surface area contributed by atoms with Crippen molar-refractivity contribution in [3.8, 4) is 22.3 Å². The van der Waals surface area contributed by atoms with Gasteiger partial charge in [0, 0.05) is 47.7 Å². The Balaban J connectivity index is 1.30. The Morgan fingerprint density at radius 3 is 2.06 bits per heavy atom. The van der Waals surface area contributed by atoms with Crippen molar-refractivity contribution in [1.29, 1.82) is 0 Å². The molecule has 1 aliphatic rings. The molecule has 9 aromatic rings. The Hall–Kier alpha value is -5.70. The summed E-state index contributed by atoms with van der Waals surface area (Å²) in [5.74, 6) is 0. The van der Waals surface area contributed by atoms with Crippen LogP contribution in [0.3, 0.4) is 0 Å². The summed E-state index contributed by atoms with van der Waals surface area (Å²) >= 11 is 1.91. The third kappa shape index (κ3) is 4.24. The first kappa shape index (κ1) is 28.3. The average molecular weight is 644 g/mol. The summed E-state index contributed by atoms with van der Waals surface area (Å²) in [6.07, 6.45) is 0. The number of fused-ring (bicyclic) bond motifs is 10. The highest BCUT2D eigenvalue weighted by molar-refractivity contribution is 7.26. The molecule has 0 unspecified atom stereocenters. The minimum absolute atomic E-state index is 0.0507. The molecular weight excluding hydrogens is 611 g/mol. The molecule has 0 atom stereocenters.